The van der Waals surface area contributed by atoms with Gasteiger partial charge in [-0.3, -0.25) is 9.58 Å². The molecular weight excluding hydrogens is 343 g/mol. The number of rotatable bonds is 4. The molecule has 1 N–H and O–H groups in total. The second kappa shape index (κ2) is 6.23. The second-order valence-electron chi connectivity index (χ2n) is 5.88. The highest BCUT2D eigenvalue weighted by Crippen LogP contribution is 2.28. The van der Waals surface area contributed by atoms with E-state index in [1.165, 1.54) is 21.7 Å². The van der Waals surface area contributed by atoms with Crippen molar-refractivity contribution in [2.24, 2.45) is 0 Å². The number of aliphatic hydroxyl groups is 1. The predicted molar refractivity (Wildman–Crippen MR) is 87.1 cm³/mol. The Balaban J connectivity index is 1.59. The number of benzene rings is 1. The van der Waals surface area contributed by atoms with E-state index >= 15 is 0 Å². The fourth-order valence-corrected chi connectivity index (χ4v) is 2.77. The standard InChI is InChI=1S/C16H15FN6O3/c1-10-15(24)26-16(25)23(10)12-3-4-14(13(17)7-12)22-9-11(19-20-22)8-21-6-2-5-18-21/h2-7,9-10,15,24H,8H2,1H3. The molecule has 0 spiro atoms. The summed E-state index contributed by atoms with van der Waals surface area (Å²) in [6.45, 7) is 2.03. The van der Waals surface area contributed by atoms with Gasteiger partial charge in [0.1, 0.15) is 11.4 Å². The van der Waals surface area contributed by atoms with Crippen LogP contribution in [0, 0.1) is 5.82 Å². The minimum absolute atomic E-state index is 0.189. The number of anilines is 1. The average molecular weight is 358 g/mol. The molecular formula is C16H15FN6O3. The number of ether oxygens (including phenoxy) is 1. The van der Waals surface area contributed by atoms with Crippen molar-refractivity contribution in [3.63, 3.8) is 0 Å². The van der Waals surface area contributed by atoms with Crippen LogP contribution in [-0.2, 0) is 11.3 Å². The zero-order chi connectivity index (χ0) is 18.3. The van der Waals surface area contributed by atoms with E-state index in [4.69, 9.17) is 4.74 Å². The third-order valence-corrected chi connectivity index (χ3v) is 4.12. The number of cyclic esters (lactones) is 1. The lowest BCUT2D eigenvalue weighted by Gasteiger charge is -2.19. The zero-order valence-electron chi connectivity index (χ0n) is 13.7. The van der Waals surface area contributed by atoms with Crippen molar-refractivity contribution >= 4 is 11.8 Å². The molecule has 1 saturated heterocycles. The monoisotopic (exact) mass is 358 g/mol. The van der Waals surface area contributed by atoms with Crippen molar-refractivity contribution in [1.29, 1.82) is 0 Å². The first-order valence-corrected chi connectivity index (χ1v) is 7.89. The summed E-state index contributed by atoms with van der Waals surface area (Å²) in [4.78, 5) is 13.0. The van der Waals surface area contributed by atoms with E-state index in [1.54, 1.807) is 42.3 Å². The van der Waals surface area contributed by atoms with Crippen LogP contribution in [0.2, 0.25) is 0 Å². The molecule has 1 aromatic carbocycles. The summed E-state index contributed by atoms with van der Waals surface area (Å²) >= 11 is 0. The molecule has 0 radical (unpaired) electrons. The van der Waals surface area contributed by atoms with Crippen molar-refractivity contribution in [3.05, 3.63) is 54.4 Å². The Kier molecular flexibility index (Phi) is 3.88. The van der Waals surface area contributed by atoms with E-state index in [-0.39, 0.29) is 11.4 Å². The van der Waals surface area contributed by atoms with E-state index < -0.39 is 24.2 Å². The van der Waals surface area contributed by atoms with Crippen LogP contribution in [0.25, 0.3) is 5.69 Å². The molecule has 1 aliphatic rings. The maximum atomic E-state index is 14.6. The van der Waals surface area contributed by atoms with Crippen molar-refractivity contribution < 1.29 is 19.0 Å². The summed E-state index contributed by atoms with van der Waals surface area (Å²) < 4.78 is 22.3. The molecule has 9 nitrogen and oxygen atoms in total. The summed E-state index contributed by atoms with van der Waals surface area (Å²) in [6, 6.07) is 5.43. The highest BCUT2D eigenvalue weighted by molar-refractivity contribution is 5.90. The molecule has 134 valence electrons. The minimum Gasteiger partial charge on any atom is -0.417 e. The van der Waals surface area contributed by atoms with E-state index in [0.717, 1.165) is 0 Å². The number of aliphatic hydroxyl groups excluding tert-OH is 1. The Labute approximate surface area is 147 Å². The van der Waals surface area contributed by atoms with Crippen LogP contribution in [0.3, 0.4) is 0 Å². The predicted octanol–water partition coefficient (Wildman–Crippen LogP) is 1.31. The first kappa shape index (κ1) is 16.2. The fourth-order valence-electron chi connectivity index (χ4n) is 2.77. The molecule has 1 aliphatic heterocycles. The third kappa shape index (κ3) is 2.80. The summed E-state index contributed by atoms with van der Waals surface area (Å²) in [5, 5.41) is 21.6. The molecule has 0 aliphatic carbocycles. The van der Waals surface area contributed by atoms with Crippen molar-refractivity contribution in [3.8, 4) is 5.69 Å². The van der Waals surface area contributed by atoms with Crippen LogP contribution in [0.1, 0.15) is 12.6 Å². The number of nitrogens with zero attached hydrogens (tertiary/aromatic N) is 6. The number of hydrogen-bond donors (Lipinski definition) is 1. The summed E-state index contributed by atoms with van der Waals surface area (Å²) in [7, 11) is 0. The largest absolute Gasteiger partial charge is 0.417 e. The molecule has 2 unspecified atom stereocenters. The Morgan fingerprint density at radius 2 is 2.23 bits per heavy atom. The lowest BCUT2D eigenvalue weighted by atomic mass is 10.2. The van der Waals surface area contributed by atoms with Gasteiger partial charge in [-0.25, -0.2) is 13.9 Å². The molecule has 4 rings (SSSR count). The fraction of sp³-hybridized carbons (Fsp3) is 0.250. The van der Waals surface area contributed by atoms with Crippen molar-refractivity contribution in [1.82, 2.24) is 24.8 Å². The van der Waals surface area contributed by atoms with Gasteiger partial charge < -0.3 is 9.84 Å². The molecule has 0 saturated carbocycles. The van der Waals surface area contributed by atoms with Gasteiger partial charge in [-0.1, -0.05) is 5.21 Å². The van der Waals surface area contributed by atoms with E-state index in [2.05, 4.69) is 15.4 Å². The molecule has 1 fully saturated rings. The van der Waals surface area contributed by atoms with Crippen LogP contribution in [-0.4, -0.2) is 48.3 Å². The average Bonchev–Trinajstić information content (AvgIpc) is 3.32. The Bertz CT molecular complexity index is 941. The lowest BCUT2D eigenvalue weighted by Crippen LogP contribution is -2.34. The Morgan fingerprint density at radius 1 is 1.38 bits per heavy atom. The first-order chi connectivity index (χ1) is 12.5. The van der Waals surface area contributed by atoms with Gasteiger partial charge in [0.15, 0.2) is 5.82 Å². The maximum Gasteiger partial charge on any atom is 0.417 e. The molecule has 2 aromatic heterocycles. The molecule has 0 bridgehead atoms. The maximum absolute atomic E-state index is 14.6. The lowest BCUT2D eigenvalue weighted by molar-refractivity contribution is -0.0312. The summed E-state index contributed by atoms with van der Waals surface area (Å²) in [5.41, 5.74) is 1.10. The molecule has 10 heteroatoms. The zero-order valence-corrected chi connectivity index (χ0v) is 13.7. The van der Waals surface area contributed by atoms with E-state index in [0.29, 0.717) is 12.2 Å². The molecule has 26 heavy (non-hydrogen) atoms. The summed E-state index contributed by atoms with van der Waals surface area (Å²) in [6.07, 6.45) is 3.09. The first-order valence-electron chi connectivity index (χ1n) is 7.89. The Morgan fingerprint density at radius 3 is 2.88 bits per heavy atom. The molecule has 3 aromatic rings. The van der Waals surface area contributed by atoms with Crippen LogP contribution >= 0.6 is 0 Å². The van der Waals surface area contributed by atoms with Crippen molar-refractivity contribution in [2.45, 2.75) is 25.8 Å². The molecule has 2 atom stereocenters. The number of carbonyl (C=O) groups excluding carboxylic acids is 1. The van der Waals surface area contributed by atoms with Gasteiger partial charge in [-0.05, 0) is 31.2 Å². The van der Waals surface area contributed by atoms with E-state index in [9.17, 15) is 14.3 Å². The third-order valence-electron chi connectivity index (χ3n) is 4.12. The number of halogens is 1. The molecule has 3 heterocycles. The number of carbonyl (C=O) groups is 1. The molecule has 1 amide bonds. The SMILES string of the molecule is CC1C(O)OC(=O)N1c1ccc(-n2cc(Cn3cccn3)nn2)c(F)c1. The van der Waals surface area contributed by atoms with Crippen LogP contribution < -0.4 is 4.90 Å². The normalized spacial score (nSPS) is 19.8. The van der Waals surface area contributed by atoms with Crippen LogP contribution in [0.4, 0.5) is 14.9 Å². The van der Waals surface area contributed by atoms with Gasteiger partial charge in [0.05, 0.1) is 24.5 Å². The number of aromatic nitrogens is 5. The van der Waals surface area contributed by atoms with Crippen LogP contribution in [0.15, 0.2) is 42.9 Å². The summed E-state index contributed by atoms with van der Waals surface area (Å²) in [5.74, 6) is -0.584. The number of hydrogen-bond acceptors (Lipinski definition) is 6. The highest BCUT2D eigenvalue weighted by Gasteiger charge is 2.38. The van der Waals surface area contributed by atoms with Gasteiger partial charge in [-0.2, -0.15) is 5.10 Å². The smallest absolute Gasteiger partial charge is 0.417 e. The van der Waals surface area contributed by atoms with Gasteiger partial charge in [0.2, 0.25) is 6.29 Å². The van der Waals surface area contributed by atoms with Gasteiger partial charge in [0, 0.05) is 12.4 Å². The van der Waals surface area contributed by atoms with E-state index in [1.807, 2.05) is 0 Å². The quantitative estimate of drug-likeness (QED) is 0.755. The minimum atomic E-state index is -1.24. The van der Waals surface area contributed by atoms with Crippen LogP contribution in [0.5, 0.6) is 0 Å². The van der Waals surface area contributed by atoms with Crippen molar-refractivity contribution in [2.75, 3.05) is 4.90 Å². The Hall–Kier alpha value is -3.27. The van der Waals surface area contributed by atoms with Gasteiger partial charge in [-0.15, -0.1) is 5.10 Å². The van der Waals surface area contributed by atoms with Gasteiger partial charge >= 0.3 is 6.09 Å². The second-order valence-corrected chi connectivity index (χ2v) is 5.88. The topological polar surface area (TPSA) is 98.3 Å². The number of amides is 1. The van der Waals surface area contributed by atoms with Gasteiger partial charge in [0.25, 0.3) is 0 Å². The highest BCUT2D eigenvalue weighted by atomic mass is 19.1.